The number of aromatic nitrogens is 1. The van der Waals surface area contributed by atoms with Crippen molar-refractivity contribution in [3.63, 3.8) is 0 Å². The Morgan fingerprint density at radius 2 is 1.54 bits per heavy atom. The summed E-state index contributed by atoms with van der Waals surface area (Å²) in [5, 5.41) is 14.8. The summed E-state index contributed by atoms with van der Waals surface area (Å²) in [4.78, 5) is 15.4. The minimum absolute atomic E-state index is 0.553. The number of carboxylic acids is 1. The van der Waals surface area contributed by atoms with E-state index in [9.17, 15) is 9.90 Å². The first-order valence-corrected chi connectivity index (χ1v) is 13.2. The van der Waals surface area contributed by atoms with Gasteiger partial charge in [0.25, 0.3) is 0 Å². The topological polar surface area (TPSA) is 62.2 Å². The number of anilines is 1. The second kappa shape index (κ2) is 18.3. The molecule has 1 aromatic rings. The van der Waals surface area contributed by atoms with Crippen molar-refractivity contribution >= 4 is 34.2 Å². The second-order valence-corrected chi connectivity index (χ2v) is 9.59. The molecule has 4 nitrogen and oxygen atoms in total. The van der Waals surface area contributed by atoms with Crippen LogP contribution in [-0.2, 0) is 4.79 Å². The van der Waals surface area contributed by atoms with Gasteiger partial charge in [-0.15, -0.1) is 11.3 Å². The molecule has 0 aliphatic rings. The highest BCUT2D eigenvalue weighted by atomic mass is 32.2. The van der Waals surface area contributed by atoms with Crippen molar-refractivity contribution in [3.8, 4) is 0 Å². The summed E-state index contributed by atoms with van der Waals surface area (Å²) in [5.74, 6) is 0.831. The molecule has 1 heterocycles. The van der Waals surface area contributed by atoms with Gasteiger partial charge in [-0.3, -0.25) is 0 Å². The molecule has 1 rings (SSSR count). The number of thioether (sulfide) groups is 1. The van der Waals surface area contributed by atoms with E-state index >= 15 is 0 Å². The third kappa shape index (κ3) is 14.3. The van der Waals surface area contributed by atoms with E-state index in [1.54, 1.807) is 18.0 Å². The maximum absolute atomic E-state index is 11.3. The van der Waals surface area contributed by atoms with E-state index in [0.29, 0.717) is 10.9 Å². The Morgan fingerprint density at radius 3 is 2.00 bits per heavy atom. The number of aliphatic carboxylic acids is 1. The summed E-state index contributed by atoms with van der Waals surface area (Å²) >= 11 is 3.17. The Kier molecular flexibility index (Phi) is 16.5. The average Bonchev–Trinajstić information content (AvgIpc) is 3.19. The van der Waals surface area contributed by atoms with Crippen LogP contribution in [0.4, 0.5) is 5.13 Å². The van der Waals surface area contributed by atoms with Gasteiger partial charge in [0.05, 0.1) is 0 Å². The fourth-order valence-electron chi connectivity index (χ4n) is 3.22. The van der Waals surface area contributed by atoms with Gasteiger partial charge in [0, 0.05) is 17.3 Å². The van der Waals surface area contributed by atoms with Gasteiger partial charge in [-0.25, -0.2) is 9.78 Å². The first-order valence-electron chi connectivity index (χ1n) is 11.2. The van der Waals surface area contributed by atoms with E-state index in [2.05, 4.69) is 17.2 Å². The smallest absolute Gasteiger partial charge is 0.327 e. The number of nitrogens with zero attached hydrogens (tertiary/aromatic N) is 1. The molecule has 0 aliphatic carbocycles. The predicted octanol–water partition coefficient (Wildman–Crippen LogP) is 7.22. The number of hydrogen-bond donors (Lipinski definition) is 2. The summed E-state index contributed by atoms with van der Waals surface area (Å²) in [5.41, 5.74) is 0. The van der Waals surface area contributed by atoms with E-state index in [-0.39, 0.29) is 0 Å². The zero-order chi connectivity index (χ0) is 20.3. The van der Waals surface area contributed by atoms with Crippen LogP contribution in [0.3, 0.4) is 0 Å². The monoisotopic (exact) mass is 428 g/mol. The lowest BCUT2D eigenvalue weighted by Gasteiger charge is -2.13. The number of carboxylic acid groups (broad SMARTS) is 1. The summed E-state index contributed by atoms with van der Waals surface area (Å²) in [6.45, 7) is 2.27. The van der Waals surface area contributed by atoms with Gasteiger partial charge in [-0.05, 0) is 12.2 Å². The number of carbonyl (C=O) groups is 1. The number of thiazole rings is 1. The molecule has 0 radical (unpaired) electrons. The van der Waals surface area contributed by atoms with E-state index in [1.807, 2.05) is 5.38 Å². The van der Waals surface area contributed by atoms with Gasteiger partial charge in [0.1, 0.15) is 6.04 Å². The molecule has 1 unspecified atom stereocenters. The van der Waals surface area contributed by atoms with Crippen LogP contribution in [0.5, 0.6) is 0 Å². The van der Waals surface area contributed by atoms with Crippen LogP contribution in [0.15, 0.2) is 11.6 Å². The van der Waals surface area contributed by atoms with E-state index in [0.717, 1.165) is 5.75 Å². The summed E-state index contributed by atoms with van der Waals surface area (Å²) < 4.78 is 0. The lowest BCUT2D eigenvalue weighted by Crippen LogP contribution is -2.31. The molecule has 162 valence electrons. The van der Waals surface area contributed by atoms with Crippen molar-refractivity contribution < 1.29 is 9.90 Å². The van der Waals surface area contributed by atoms with Crippen LogP contribution in [0.1, 0.15) is 96.8 Å². The Labute approximate surface area is 180 Å². The van der Waals surface area contributed by atoms with Crippen LogP contribution in [0.2, 0.25) is 0 Å². The number of unbranched alkanes of at least 4 members (excludes halogenated alkanes) is 13. The van der Waals surface area contributed by atoms with Crippen LogP contribution in [0, 0.1) is 0 Å². The van der Waals surface area contributed by atoms with Gasteiger partial charge in [-0.2, -0.15) is 11.8 Å². The quantitative estimate of drug-likeness (QED) is 0.215. The highest BCUT2D eigenvalue weighted by molar-refractivity contribution is 7.99. The SMILES string of the molecule is CCCCCCCCCCCCCCCCSCC(Nc1nccs1)C(=O)O. The number of rotatable bonds is 20. The maximum atomic E-state index is 11.3. The molecule has 0 saturated heterocycles. The highest BCUT2D eigenvalue weighted by Crippen LogP contribution is 2.16. The van der Waals surface area contributed by atoms with Gasteiger partial charge >= 0.3 is 5.97 Å². The molecule has 28 heavy (non-hydrogen) atoms. The van der Waals surface area contributed by atoms with Crippen LogP contribution in [0.25, 0.3) is 0 Å². The van der Waals surface area contributed by atoms with Crippen molar-refractivity contribution in [1.29, 1.82) is 0 Å². The molecule has 1 atom stereocenters. The summed E-state index contributed by atoms with van der Waals surface area (Å²) in [7, 11) is 0. The second-order valence-electron chi connectivity index (χ2n) is 7.54. The van der Waals surface area contributed by atoms with E-state index in [4.69, 9.17) is 0 Å². The Balaban J connectivity index is 1.84. The van der Waals surface area contributed by atoms with Crippen LogP contribution < -0.4 is 5.32 Å². The van der Waals surface area contributed by atoms with Gasteiger partial charge in [-0.1, -0.05) is 90.4 Å². The zero-order valence-corrected chi connectivity index (χ0v) is 19.3. The lowest BCUT2D eigenvalue weighted by molar-refractivity contribution is -0.137. The normalized spacial score (nSPS) is 12.2. The summed E-state index contributed by atoms with van der Waals surface area (Å²) in [6, 6.07) is -0.553. The molecule has 0 aliphatic heterocycles. The van der Waals surface area contributed by atoms with Crippen molar-refractivity contribution in [2.24, 2.45) is 0 Å². The number of nitrogens with one attached hydrogen (secondary N) is 1. The fraction of sp³-hybridized carbons (Fsp3) is 0.818. The first kappa shape index (κ1) is 25.3. The summed E-state index contributed by atoms with van der Waals surface area (Å²) in [6.07, 6.45) is 20.9. The number of hydrogen-bond acceptors (Lipinski definition) is 5. The van der Waals surface area contributed by atoms with E-state index < -0.39 is 12.0 Å². The molecule has 0 saturated carbocycles. The van der Waals surface area contributed by atoms with Crippen molar-refractivity contribution in [2.45, 2.75) is 103 Å². The lowest BCUT2D eigenvalue weighted by atomic mass is 10.0. The molecule has 0 aromatic carbocycles. The molecule has 6 heteroatoms. The van der Waals surface area contributed by atoms with E-state index in [1.165, 1.54) is 101 Å². The first-order chi connectivity index (χ1) is 13.7. The molecule has 2 N–H and O–H groups in total. The Morgan fingerprint density at radius 1 is 1.00 bits per heavy atom. The minimum Gasteiger partial charge on any atom is -0.480 e. The predicted molar refractivity (Wildman–Crippen MR) is 125 cm³/mol. The standard InChI is InChI=1S/C22H40N2O2S2/c1-2-3-4-5-6-7-8-9-10-11-12-13-14-15-17-27-19-20(21(25)26)24-22-23-16-18-28-22/h16,18,20H,2-15,17,19H2,1H3,(H,23,24)(H,25,26). The average molecular weight is 429 g/mol. The van der Waals surface area contributed by atoms with Crippen molar-refractivity contribution in [2.75, 3.05) is 16.8 Å². The molecule has 0 bridgehead atoms. The third-order valence-electron chi connectivity index (χ3n) is 4.95. The van der Waals surface area contributed by atoms with Crippen LogP contribution in [-0.4, -0.2) is 33.6 Å². The molecule has 1 aromatic heterocycles. The zero-order valence-electron chi connectivity index (χ0n) is 17.7. The maximum Gasteiger partial charge on any atom is 0.327 e. The van der Waals surface area contributed by atoms with Crippen LogP contribution >= 0.6 is 23.1 Å². The van der Waals surface area contributed by atoms with Crippen molar-refractivity contribution in [3.05, 3.63) is 11.6 Å². The van der Waals surface area contributed by atoms with Crippen molar-refractivity contribution in [1.82, 2.24) is 4.98 Å². The Bertz CT molecular complexity index is 469. The highest BCUT2D eigenvalue weighted by Gasteiger charge is 2.17. The van der Waals surface area contributed by atoms with Gasteiger partial charge < -0.3 is 10.4 Å². The molecular weight excluding hydrogens is 388 g/mol. The van der Waals surface area contributed by atoms with Gasteiger partial charge in [0.2, 0.25) is 0 Å². The third-order valence-corrected chi connectivity index (χ3v) is 6.81. The minimum atomic E-state index is -0.802. The fourth-order valence-corrected chi connectivity index (χ4v) is 4.84. The Hall–Kier alpha value is -0.750. The molecule has 0 amide bonds. The molecule has 0 spiro atoms. The van der Waals surface area contributed by atoms with Gasteiger partial charge in [0.15, 0.2) is 5.13 Å². The molecule has 0 fully saturated rings. The molecular formula is C22H40N2O2S2. The largest absolute Gasteiger partial charge is 0.480 e.